The summed E-state index contributed by atoms with van der Waals surface area (Å²) in [7, 11) is 0. The van der Waals surface area contributed by atoms with Crippen LogP contribution in [0.25, 0.3) is 0 Å². The molecule has 1 aliphatic rings. The minimum Gasteiger partial charge on any atom is -0.444 e. The molecule has 0 aromatic rings. The lowest BCUT2D eigenvalue weighted by Crippen LogP contribution is -2.35. The molecule has 21 heavy (non-hydrogen) atoms. The summed E-state index contributed by atoms with van der Waals surface area (Å²) in [6, 6.07) is 0. The number of hydrogen-bond donors (Lipinski definition) is 1. The zero-order valence-corrected chi connectivity index (χ0v) is 13.6. The van der Waals surface area contributed by atoms with Gasteiger partial charge in [-0.1, -0.05) is 0 Å². The Labute approximate surface area is 125 Å². The van der Waals surface area contributed by atoms with Crippen LogP contribution in [0.5, 0.6) is 0 Å². The Kier molecular flexibility index (Phi) is 5.20. The predicted molar refractivity (Wildman–Crippen MR) is 79.2 cm³/mol. The van der Waals surface area contributed by atoms with Gasteiger partial charge in [-0.3, -0.25) is 0 Å². The fourth-order valence-corrected chi connectivity index (χ4v) is 1.64. The first-order chi connectivity index (χ1) is 9.46. The molecule has 1 rings (SSSR count). The van der Waals surface area contributed by atoms with E-state index in [1.165, 1.54) is 0 Å². The number of hydrogen-bond acceptors (Lipinski definition) is 5. The van der Waals surface area contributed by atoms with Gasteiger partial charge in [-0.15, -0.1) is 0 Å². The van der Waals surface area contributed by atoms with E-state index >= 15 is 0 Å². The quantitative estimate of drug-likeness (QED) is 0.754. The van der Waals surface area contributed by atoms with Crippen molar-refractivity contribution in [1.82, 2.24) is 10.3 Å². The first-order valence-corrected chi connectivity index (χ1v) is 6.99. The fourth-order valence-electron chi connectivity index (χ4n) is 1.64. The molecule has 1 fully saturated rings. The lowest BCUT2D eigenvalue weighted by Gasteiger charge is -2.23. The van der Waals surface area contributed by atoms with Gasteiger partial charge in [-0.05, 0) is 41.5 Å². The van der Waals surface area contributed by atoms with Gasteiger partial charge in [-0.25, -0.2) is 15.0 Å². The molecule has 0 radical (unpaired) electrons. The monoisotopic (exact) mass is 299 g/mol. The molecule has 0 atom stereocenters. The molecule has 0 aromatic carbocycles. The Morgan fingerprint density at radius 2 is 1.67 bits per heavy atom. The van der Waals surface area contributed by atoms with Crippen molar-refractivity contribution in [3.63, 3.8) is 0 Å². The number of hydrazone groups is 1. The minimum absolute atomic E-state index is 0.352. The zero-order valence-electron chi connectivity index (χ0n) is 13.6. The van der Waals surface area contributed by atoms with Crippen molar-refractivity contribution in [1.29, 1.82) is 0 Å². The van der Waals surface area contributed by atoms with Crippen molar-refractivity contribution in [2.24, 2.45) is 5.10 Å². The number of nitrogens with zero attached hydrogens (tertiary/aromatic N) is 2. The highest BCUT2D eigenvalue weighted by molar-refractivity contribution is 5.92. The molecule has 0 spiro atoms. The van der Waals surface area contributed by atoms with Crippen molar-refractivity contribution in [2.45, 2.75) is 59.2 Å². The number of likely N-dealkylation sites (tertiary alicyclic amines) is 1. The third-order valence-electron chi connectivity index (χ3n) is 2.40. The van der Waals surface area contributed by atoms with Crippen LogP contribution >= 0.6 is 0 Å². The van der Waals surface area contributed by atoms with Crippen LogP contribution in [0.2, 0.25) is 0 Å². The second-order valence-electron chi connectivity index (χ2n) is 6.94. The summed E-state index contributed by atoms with van der Waals surface area (Å²) in [6.45, 7) is 11.7. The molecule has 0 unspecified atom stereocenters. The molecule has 1 heterocycles. The smallest absolute Gasteiger partial charge is 0.428 e. The molecule has 2 amide bonds. The summed E-state index contributed by atoms with van der Waals surface area (Å²) in [5, 5.41) is 3.98. The van der Waals surface area contributed by atoms with Gasteiger partial charge in [0.2, 0.25) is 0 Å². The molecule has 0 saturated carbocycles. The van der Waals surface area contributed by atoms with Gasteiger partial charge in [0, 0.05) is 13.0 Å². The van der Waals surface area contributed by atoms with E-state index in [0.717, 1.165) is 0 Å². The van der Waals surface area contributed by atoms with Gasteiger partial charge in [0.25, 0.3) is 0 Å². The van der Waals surface area contributed by atoms with Crippen LogP contribution in [0.1, 0.15) is 48.0 Å². The van der Waals surface area contributed by atoms with E-state index in [2.05, 4.69) is 10.5 Å². The third kappa shape index (κ3) is 6.97. The fraction of sp³-hybridized carbons (Fsp3) is 0.786. The van der Waals surface area contributed by atoms with E-state index in [0.29, 0.717) is 25.2 Å². The predicted octanol–water partition coefficient (Wildman–Crippen LogP) is 2.51. The summed E-state index contributed by atoms with van der Waals surface area (Å²) in [5.74, 6) is 0. The van der Waals surface area contributed by atoms with Gasteiger partial charge in [0.1, 0.15) is 11.2 Å². The third-order valence-corrected chi connectivity index (χ3v) is 2.40. The number of amides is 2. The van der Waals surface area contributed by atoms with E-state index in [4.69, 9.17) is 9.47 Å². The van der Waals surface area contributed by atoms with Crippen molar-refractivity contribution < 1.29 is 19.1 Å². The van der Waals surface area contributed by atoms with E-state index in [-0.39, 0.29) is 6.09 Å². The van der Waals surface area contributed by atoms with Gasteiger partial charge in [-0.2, -0.15) is 5.10 Å². The van der Waals surface area contributed by atoms with Crippen molar-refractivity contribution in [3.8, 4) is 0 Å². The summed E-state index contributed by atoms with van der Waals surface area (Å²) >= 11 is 0. The van der Waals surface area contributed by atoms with Crippen LogP contribution in [0, 0.1) is 0 Å². The molecule has 0 bridgehead atoms. The highest BCUT2D eigenvalue weighted by atomic mass is 16.6. The maximum absolute atomic E-state index is 11.9. The molecular formula is C14H25N3O4. The number of carbonyl (C=O) groups excluding carboxylic acids is 2. The van der Waals surface area contributed by atoms with Gasteiger partial charge in [0.15, 0.2) is 0 Å². The SMILES string of the molecule is CC(C)(C)OC(=O)NN=C1CCN(C(=O)OC(C)(C)C)C1. The maximum Gasteiger partial charge on any atom is 0.428 e. The Balaban J connectivity index is 2.45. The standard InChI is InChI=1S/C14H25N3O4/c1-13(2,3)20-11(18)16-15-10-7-8-17(9-10)12(19)21-14(4,5)6/h7-9H2,1-6H3,(H,16,18). The van der Waals surface area contributed by atoms with E-state index in [1.807, 2.05) is 20.8 Å². The van der Waals surface area contributed by atoms with Crippen LogP contribution in [0.15, 0.2) is 5.10 Å². The van der Waals surface area contributed by atoms with Gasteiger partial charge < -0.3 is 14.4 Å². The Bertz CT molecular complexity index is 432. The van der Waals surface area contributed by atoms with Crippen LogP contribution < -0.4 is 5.43 Å². The molecule has 120 valence electrons. The van der Waals surface area contributed by atoms with Crippen molar-refractivity contribution >= 4 is 17.9 Å². The Morgan fingerprint density at radius 1 is 1.10 bits per heavy atom. The molecule has 1 aliphatic heterocycles. The average molecular weight is 299 g/mol. The summed E-state index contributed by atoms with van der Waals surface area (Å²) in [4.78, 5) is 24.9. The van der Waals surface area contributed by atoms with Crippen LogP contribution in [0.4, 0.5) is 9.59 Å². The average Bonchev–Trinajstić information content (AvgIpc) is 2.70. The van der Waals surface area contributed by atoms with Crippen LogP contribution in [-0.4, -0.2) is 47.1 Å². The summed E-state index contributed by atoms with van der Waals surface area (Å²) in [5.41, 5.74) is 1.96. The highest BCUT2D eigenvalue weighted by Crippen LogP contribution is 2.14. The van der Waals surface area contributed by atoms with Gasteiger partial charge in [0.05, 0.1) is 12.3 Å². The molecular weight excluding hydrogens is 274 g/mol. The van der Waals surface area contributed by atoms with Crippen LogP contribution in [0.3, 0.4) is 0 Å². The van der Waals surface area contributed by atoms with Gasteiger partial charge >= 0.3 is 12.2 Å². The zero-order chi connectivity index (χ0) is 16.3. The molecule has 7 heteroatoms. The summed E-state index contributed by atoms with van der Waals surface area (Å²) < 4.78 is 10.4. The largest absolute Gasteiger partial charge is 0.444 e. The highest BCUT2D eigenvalue weighted by Gasteiger charge is 2.27. The van der Waals surface area contributed by atoms with E-state index in [9.17, 15) is 9.59 Å². The molecule has 7 nitrogen and oxygen atoms in total. The van der Waals surface area contributed by atoms with Crippen molar-refractivity contribution in [3.05, 3.63) is 0 Å². The number of ether oxygens (including phenoxy) is 2. The second-order valence-corrected chi connectivity index (χ2v) is 6.94. The maximum atomic E-state index is 11.9. The first kappa shape index (κ1) is 17.3. The van der Waals surface area contributed by atoms with E-state index < -0.39 is 17.3 Å². The lowest BCUT2D eigenvalue weighted by atomic mass is 10.2. The Hall–Kier alpha value is -1.79. The minimum atomic E-state index is -0.606. The normalized spacial score (nSPS) is 17.8. The molecule has 1 N–H and O–H groups in total. The number of nitrogens with one attached hydrogen (secondary N) is 1. The second kappa shape index (κ2) is 6.32. The molecule has 1 saturated heterocycles. The molecule has 0 aromatic heterocycles. The first-order valence-electron chi connectivity index (χ1n) is 6.99. The Morgan fingerprint density at radius 3 is 2.19 bits per heavy atom. The molecule has 0 aliphatic carbocycles. The summed E-state index contributed by atoms with van der Waals surface area (Å²) in [6.07, 6.45) is -0.370. The van der Waals surface area contributed by atoms with E-state index in [1.54, 1.807) is 25.7 Å². The number of carbonyl (C=O) groups is 2. The van der Waals surface area contributed by atoms with Crippen LogP contribution in [-0.2, 0) is 9.47 Å². The lowest BCUT2D eigenvalue weighted by molar-refractivity contribution is 0.0302. The topological polar surface area (TPSA) is 80.2 Å². The van der Waals surface area contributed by atoms with Crippen molar-refractivity contribution in [2.75, 3.05) is 13.1 Å². The number of rotatable bonds is 1.